The van der Waals surface area contributed by atoms with Crippen LogP contribution in [0.5, 0.6) is 0 Å². The van der Waals surface area contributed by atoms with Gasteiger partial charge in [-0.05, 0) is 43.9 Å². The van der Waals surface area contributed by atoms with Crippen LogP contribution in [0, 0.1) is 17.3 Å². The van der Waals surface area contributed by atoms with E-state index in [1.54, 1.807) is 4.90 Å². The van der Waals surface area contributed by atoms with E-state index in [9.17, 15) is 14.4 Å². The van der Waals surface area contributed by atoms with E-state index in [1.165, 1.54) is 0 Å². The van der Waals surface area contributed by atoms with Crippen LogP contribution in [-0.4, -0.2) is 59.7 Å². The maximum Gasteiger partial charge on any atom is 0.245 e. The van der Waals surface area contributed by atoms with Crippen molar-refractivity contribution in [1.29, 1.82) is 0 Å². The molecule has 0 aliphatic carbocycles. The summed E-state index contributed by atoms with van der Waals surface area (Å²) in [5, 5.41) is 3.02. The zero-order valence-electron chi connectivity index (χ0n) is 19.0. The second-order valence-corrected chi connectivity index (χ2v) is 9.61. The van der Waals surface area contributed by atoms with Gasteiger partial charge in [-0.2, -0.15) is 0 Å². The van der Waals surface area contributed by atoms with Gasteiger partial charge >= 0.3 is 0 Å². The Morgan fingerprint density at radius 1 is 1.07 bits per heavy atom. The SMILES string of the molecule is CCN(CC)C(=O)C(NC(=O)CC(C)C)C1CCN(C(=O)CC(C)(C)C)CC1. The topological polar surface area (TPSA) is 69.7 Å². The third-order valence-corrected chi connectivity index (χ3v) is 5.30. The van der Waals surface area contributed by atoms with E-state index in [1.807, 2.05) is 32.6 Å². The van der Waals surface area contributed by atoms with Gasteiger partial charge in [-0.25, -0.2) is 0 Å². The Morgan fingerprint density at radius 2 is 1.61 bits per heavy atom. The lowest BCUT2D eigenvalue weighted by atomic mass is 9.86. The van der Waals surface area contributed by atoms with Gasteiger partial charge in [-0.15, -0.1) is 0 Å². The predicted octanol–water partition coefficient (Wildman–Crippen LogP) is 3.06. The number of carbonyl (C=O) groups is 3. The maximum atomic E-state index is 13.1. The average molecular weight is 396 g/mol. The molecule has 1 aliphatic rings. The summed E-state index contributed by atoms with van der Waals surface area (Å²) in [6.07, 6.45) is 2.45. The van der Waals surface area contributed by atoms with Crippen molar-refractivity contribution >= 4 is 17.7 Å². The van der Waals surface area contributed by atoms with E-state index in [0.717, 1.165) is 12.8 Å². The van der Waals surface area contributed by atoms with Crippen molar-refractivity contribution < 1.29 is 14.4 Å². The summed E-state index contributed by atoms with van der Waals surface area (Å²) in [7, 11) is 0. The zero-order valence-corrected chi connectivity index (χ0v) is 19.0. The highest BCUT2D eigenvalue weighted by Gasteiger charge is 2.35. The van der Waals surface area contributed by atoms with Gasteiger partial charge in [0.05, 0.1) is 0 Å². The number of carbonyl (C=O) groups excluding carboxylic acids is 3. The molecule has 1 saturated heterocycles. The van der Waals surface area contributed by atoms with E-state index in [0.29, 0.717) is 39.0 Å². The summed E-state index contributed by atoms with van der Waals surface area (Å²) in [5.74, 6) is 0.443. The minimum absolute atomic E-state index is 0.00146. The molecule has 1 unspecified atom stereocenters. The standard InChI is InChI=1S/C22H41N3O3/c1-8-24(9-2)21(28)20(23-18(26)14-16(3)4)17-10-12-25(13-11-17)19(27)15-22(5,6)7/h16-17,20H,8-15H2,1-7H3,(H,23,26). The normalized spacial score (nSPS) is 16.8. The van der Waals surface area contributed by atoms with Crippen molar-refractivity contribution in [3.63, 3.8) is 0 Å². The van der Waals surface area contributed by atoms with Gasteiger partial charge < -0.3 is 15.1 Å². The molecule has 0 radical (unpaired) electrons. The quantitative estimate of drug-likeness (QED) is 0.687. The molecule has 1 rings (SSSR count). The lowest BCUT2D eigenvalue weighted by Gasteiger charge is -2.38. The molecule has 162 valence electrons. The van der Waals surface area contributed by atoms with E-state index in [4.69, 9.17) is 0 Å². The van der Waals surface area contributed by atoms with Crippen molar-refractivity contribution in [3.8, 4) is 0 Å². The van der Waals surface area contributed by atoms with Gasteiger partial charge in [0.2, 0.25) is 17.7 Å². The Bertz CT molecular complexity index is 528. The molecule has 0 aromatic rings. The highest BCUT2D eigenvalue weighted by molar-refractivity contribution is 5.88. The number of likely N-dealkylation sites (tertiary alicyclic amines) is 1. The van der Waals surface area contributed by atoms with Crippen LogP contribution in [0.3, 0.4) is 0 Å². The summed E-state index contributed by atoms with van der Waals surface area (Å²) in [4.78, 5) is 41.7. The number of likely N-dealkylation sites (N-methyl/N-ethyl adjacent to an activating group) is 1. The van der Waals surface area contributed by atoms with Crippen molar-refractivity contribution in [2.45, 2.75) is 80.2 Å². The Morgan fingerprint density at radius 3 is 2.04 bits per heavy atom. The van der Waals surface area contributed by atoms with Gasteiger partial charge in [0.15, 0.2) is 0 Å². The van der Waals surface area contributed by atoms with E-state index < -0.39 is 6.04 Å². The van der Waals surface area contributed by atoms with Gasteiger partial charge in [-0.1, -0.05) is 34.6 Å². The average Bonchev–Trinajstić information content (AvgIpc) is 2.58. The molecule has 1 atom stereocenters. The van der Waals surface area contributed by atoms with Crippen molar-refractivity contribution in [2.24, 2.45) is 17.3 Å². The van der Waals surface area contributed by atoms with Gasteiger partial charge in [0, 0.05) is 39.0 Å². The molecule has 3 amide bonds. The van der Waals surface area contributed by atoms with Gasteiger partial charge in [-0.3, -0.25) is 14.4 Å². The molecule has 6 nitrogen and oxygen atoms in total. The largest absolute Gasteiger partial charge is 0.344 e. The number of nitrogens with zero attached hydrogens (tertiary/aromatic N) is 2. The lowest BCUT2D eigenvalue weighted by Crippen LogP contribution is -2.55. The van der Waals surface area contributed by atoms with Gasteiger partial charge in [0.1, 0.15) is 6.04 Å². The van der Waals surface area contributed by atoms with E-state index in [-0.39, 0.29) is 35.0 Å². The lowest BCUT2D eigenvalue weighted by molar-refractivity contribution is -0.139. The van der Waals surface area contributed by atoms with Crippen LogP contribution in [0.2, 0.25) is 0 Å². The second kappa shape index (κ2) is 10.8. The van der Waals surface area contributed by atoms with Crippen LogP contribution in [0.4, 0.5) is 0 Å². The molecule has 1 fully saturated rings. The Balaban J connectivity index is 2.81. The first-order valence-electron chi connectivity index (χ1n) is 10.8. The van der Waals surface area contributed by atoms with Crippen molar-refractivity contribution in [1.82, 2.24) is 15.1 Å². The highest BCUT2D eigenvalue weighted by atomic mass is 16.2. The van der Waals surface area contributed by atoms with Crippen LogP contribution in [-0.2, 0) is 14.4 Å². The highest BCUT2D eigenvalue weighted by Crippen LogP contribution is 2.26. The summed E-state index contributed by atoms with van der Waals surface area (Å²) in [5.41, 5.74) is -0.0278. The third-order valence-electron chi connectivity index (χ3n) is 5.30. The monoisotopic (exact) mass is 395 g/mol. The van der Waals surface area contributed by atoms with Gasteiger partial charge in [0.25, 0.3) is 0 Å². The smallest absolute Gasteiger partial charge is 0.245 e. The first-order chi connectivity index (χ1) is 13.0. The molecule has 1 heterocycles. The Hall–Kier alpha value is -1.59. The molecule has 0 aromatic carbocycles. The minimum atomic E-state index is -0.494. The molecule has 0 aromatic heterocycles. The third kappa shape index (κ3) is 7.80. The zero-order chi connectivity index (χ0) is 21.5. The number of rotatable bonds is 8. The fourth-order valence-corrected chi connectivity index (χ4v) is 3.76. The van der Waals surface area contributed by atoms with Crippen LogP contribution in [0.15, 0.2) is 0 Å². The summed E-state index contributed by atoms with van der Waals surface area (Å²) >= 11 is 0. The fraction of sp³-hybridized carbons (Fsp3) is 0.864. The van der Waals surface area contributed by atoms with Crippen LogP contribution < -0.4 is 5.32 Å². The van der Waals surface area contributed by atoms with Crippen LogP contribution in [0.25, 0.3) is 0 Å². The summed E-state index contributed by atoms with van der Waals surface area (Å²) in [6.45, 7) is 16.7. The summed E-state index contributed by atoms with van der Waals surface area (Å²) < 4.78 is 0. The second-order valence-electron chi connectivity index (χ2n) is 9.61. The molecule has 6 heteroatoms. The first kappa shape index (κ1) is 24.4. The molecule has 1 N–H and O–H groups in total. The Labute approximate surface area is 171 Å². The molecule has 28 heavy (non-hydrogen) atoms. The predicted molar refractivity (Wildman–Crippen MR) is 113 cm³/mol. The molecular weight excluding hydrogens is 354 g/mol. The Kier molecular flexibility index (Phi) is 9.45. The summed E-state index contributed by atoms with van der Waals surface area (Å²) in [6, 6.07) is -0.494. The number of hydrogen-bond acceptors (Lipinski definition) is 3. The minimum Gasteiger partial charge on any atom is -0.344 e. The van der Waals surface area contributed by atoms with Crippen LogP contribution in [0.1, 0.15) is 74.1 Å². The first-order valence-corrected chi connectivity index (χ1v) is 10.8. The number of hydrogen-bond donors (Lipinski definition) is 1. The van der Waals surface area contributed by atoms with Crippen molar-refractivity contribution in [3.05, 3.63) is 0 Å². The number of amides is 3. The van der Waals surface area contributed by atoms with Crippen LogP contribution >= 0.6 is 0 Å². The maximum absolute atomic E-state index is 13.1. The number of nitrogens with one attached hydrogen (secondary N) is 1. The molecule has 0 spiro atoms. The van der Waals surface area contributed by atoms with E-state index in [2.05, 4.69) is 26.1 Å². The fourth-order valence-electron chi connectivity index (χ4n) is 3.76. The number of piperidine rings is 1. The van der Waals surface area contributed by atoms with Crippen molar-refractivity contribution in [2.75, 3.05) is 26.2 Å². The molecule has 0 bridgehead atoms. The van der Waals surface area contributed by atoms with E-state index >= 15 is 0 Å². The molecule has 0 saturated carbocycles. The molecular formula is C22H41N3O3. The molecule has 1 aliphatic heterocycles.